The first-order valence-corrected chi connectivity index (χ1v) is 3.51. The van der Waals surface area contributed by atoms with Gasteiger partial charge < -0.3 is 10.7 Å². The summed E-state index contributed by atoms with van der Waals surface area (Å²) in [5.41, 5.74) is 6.74. The molecule has 3 N–H and O–H groups in total. The summed E-state index contributed by atoms with van der Waals surface area (Å²) in [5.74, 6) is 0. The van der Waals surface area contributed by atoms with E-state index >= 15 is 0 Å². The topological polar surface area (TPSA) is 71.8 Å². The van der Waals surface area contributed by atoms with Gasteiger partial charge in [0, 0.05) is 6.20 Å². The molecule has 0 saturated carbocycles. The number of nitrogen functional groups attached to an aromatic ring is 1. The molecule has 2 aromatic rings. The highest BCUT2D eigenvalue weighted by Gasteiger charge is 1.97. The van der Waals surface area contributed by atoms with Crippen LogP contribution in [0.5, 0.6) is 0 Å². The van der Waals surface area contributed by atoms with Crippen molar-refractivity contribution < 1.29 is 0 Å². The number of nitrogens with two attached hydrogens (primary N) is 1. The van der Waals surface area contributed by atoms with Crippen LogP contribution in [0.2, 0.25) is 0 Å². The van der Waals surface area contributed by atoms with Crippen LogP contribution in [0.25, 0.3) is 11.0 Å². The van der Waals surface area contributed by atoms with E-state index in [9.17, 15) is 4.79 Å². The predicted octanol–water partition coefficient (Wildman–Crippen LogP) is 0.505. The largest absolute Gasteiger partial charge is 0.394 e. The van der Waals surface area contributed by atoms with E-state index in [1.807, 2.05) is 0 Å². The van der Waals surface area contributed by atoms with E-state index in [4.69, 9.17) is 5.73 Å². The highest BCUT2D eigenvalue weighted by Crippen LogP contribution is 2.06. The minimum Gasteiger partial charge on any atom is -0.394 e. The predicted molar refractivity (Wildman–Crippen MR) is 46.8 cm³/mol. The van der Waals surface area contributed by atoms with E-state index < -0.39 is 0 Å². The average Bonchev–Trinajstić information content (AvgIpc) is 2.07. The molecule has 0 aliphatic heterocycles. The summed E-state index contributed by atoms with van der Waals surface area (Å²) in [6, 6.07) is 5.10. The van der Waals surface area contributed by atoms with Crippen LogP contribution in [-0.4, -0.2) is 9.97 Å². The molecule has 0 bridgehead atoms. The summed E-state index contributed by atoms with van der Waals surface area (Å²) in [6.45, 7) is 0. The second-order valence-corrected chi connectivity index (χ2v) is 2.49. The maximum absolute atomic E-state index is 11.0. The van der Waals surface area contributed by atoms with Crippen molar-refractivity contribution in [1.29, 1.82) is 0 Å². The molecule has 2 heterocycles. The number of hydrogen-bond acceptors (Lipinski definition) is 3. The lowest BCUT2D eigenvalue weighted by molar-refractivity contribution is 1.28. The van der Waals surface area contributed by atoms with Crippen LogP contribution in [-0.2, 0) is 0 Å². The van der Waals surface area contributed by atoms with Crippen molar-refractivity contribution >= 4 is 16.7 Å². The lowest BCUT2D eigenvalue weighted by Crippen LogP contribution is -2.11. The monoisotopic (exact) mass is 161 g/mol. The zero-order chi connectivity index (χ0) is 8.55. The molecule has 2 aromatic heterocycles. The third-order valence-corrected chi connectivity index (χ3v) is 1.64. The van der Waals surface area contributed by atoms with E-state index in [1.54, 1.807) is 24.4 Å². The van der Waals surface area contributed by atoms with E-state index in [-0.39, 0.29) is 11.2 Å². The molecule has 0 fully saturated rings. The number of rotatable bonds is 0. The first kappa shape index (κ1) is 6.84. The molecule has 0 atom stereocenters. The Labute approximate surface area is 68.1 Å². The van der Waals surface area contributed by atoms with Gasteiger partial charge >= 0.3 is 0 Å². The molecule has 4 heteroatoms. The molecule has 0 aliphatic carbocycles. The van der Waals surface area contributed by atoms with Gasteiger partial charge in [-0.2, -0.15) is 0 Å². The first-order valence-electron chi connectivity index (χ1n) is 3.51. The van der Waals surface area contributed by atoms with Crippen LogP contribution in [0, 0.1) is 0 Å². The standard InChI is InChI=1S/C8H7N3O/c9-5-4-7-6(11-8(5)12)2-1-3-10-7/h1-4H,9H2,(H,11,12). The lowest BCUT2D eigenvalue weighted by Gasteiger charge is -1.96. The third kappa shape index (κ3) is 0.934. The van der Waals surface area contributed by atoms with Crippen molar-refractivity contribution in [2.75, 3.05) is 5.73 Å². The van der Waals surface area contributed by atoms with Gasteiger partial charge in [-0.25, -0.2) is 0 Å². The first-order chi connectivity index (χ1) is 5.77. The molecule has 0 amide bonds. The van der Waals surface area contributed by atoms with E-state index in [1.165, 1.54) is 0 Å². The highest BCUT2D eigenvalue weighted by atomic mass is 16.1. The van der Waals surface area contributed by atoms with Crippen molar-refractivity contribution in [2.45, 2.75) is 0 Å². The zero-order valence-electron chi connectivity index (χ0n) is 6.24. The highest BCUT2D eigenvalue weighted by molar-refractivity contribution is 5.76. The number of aromatic nitrogens is 2. The Morgan fingerprint density at radius 3 is 3.17 bits per heavy atom. The van der Waals surface area contributed by atoms with Crippen molar-refractivity contribution in [2.24, 2.45) is 0 Å². The Morgan fingerprint density at radius 1 is 1.50 bits per heavy atom. The summed E-state index contributed by atoms with van der Waals surface area (Å²) in [7, 11) is 0. The van der Waals surface area contributed by atoms with E-state index in [0.29, 0.717) is 11.0 Å². The summed E-state index contributed by atoms with van der Waals surface area (Å²) in [5, 5.41) is 0. The van der Waals surface area contributed by atoms with Crippen LogP contribution in [0.1, 0.15) is 0 Å². The maximum atomic E-state index is 11.0. The fraction of sp³-hybridized carbons (Fsp3) is 0. The quantitative estimate of drug-likeness (QED) is 0.591. The molecule has 4 nitrogen and oxygen atoms in total. The summed E-state index contributed by atoms with van der Waals surface area (Å²) >= 11 is 0. The number of H-pyrrole nitrogens is 1. The number of anilines is 1. The zero-order valence-corrected chi connectivity index (χ0v) is 6.24. The lowest BCUT2D eigenvalue weighted by atomic mass is 10.3. The van der Waals surface area contributed by atoms with Gasteiger partial charge in [0.05, 0.1) is 16.7 Å². The Morgan fingerprint density at radius 2 is 2.33 bits per heavy atom. The molecule has 0 saturated heterocycles. The SMILES string of the molecule is Nc1cc2ncccc2[nH]c1=O. The van der Waals surface area contributed by atoms with Gasteiger partial charge in [-0.1, -0.05) is 0 Å². The van der Waals surface area contributed by atoms with Crippen molar-refractivity contribution in [3.8, 4) is 0 Å². The minimum atomic E-state index is -0.268. The van der Waals surface area contributed by atoms with Gasteiger partial charge in [0.1, 0.15) is 0 Å². The molecule has 0 unspecified atom stereocenters. The van der Waals surface area contributed by atoms with Crippen molar-refractivity contribution in [1.82, 2.24) is 9.97 Å². The molecule has 60 valence electrons. The number of fused-ring (bicyclic) bond motifs is 1. The Bertz CT molecular complexity index is 475. The fourth-order valence-corrected chi connectivity index (χ4v) is 1.05. The third-order valence-electron chi connectivity index (χ3n) is 1.64. The number of hydrogen-bond donors (Lipinski definition) is 2. The van der Waals surface area contributed by atoms with Crippen LogP contribution in [0.4, 0.5) is 5.69 Å². The maximum Gasteiger partial charge on any atom is 0.271 e. The minimum absolute atomic E-state index is 0.196. The normalized spacial score (nSPS) is 10.3. The van der Waals surface area contributed by atoms with E-state index in [2.05, 4.69) is 9.97 Å². The van der Waals surface area contributed by atoms with Crippen LogP contribution in [0.15, 0.2) is 29.2 Å². The van der Waals surface area contributed by atoms with Gasteiger partial charge in [0.25, 0.3) is 5.56 Å². The summed E-state index contributed by atoms with van der Waals surface area (Å²) in [4.78, 5) is 17.7. The molecular formula is C8H7N3O. The Hall–Kier alpha value is -1.84. The number of nitrogens with one attached hydrogen (secondary N) is 1. The summed E-state index contributed by atoms with van der Waals surface area (Å²) < 4.78 is 0. The second-order valence-electron chi connectivity index (χ2n) is 2.49. The van der Waals surface area contributed by atoms with Crippen molar-refractivity contribution in [3.63, 3.8) is 0 Å². The number of aromatic amines is 1. The van der Waals surface area contributed by atoms with E-state index in [0.717, 1.165) is 0 Å². The smallest absolute Gasteiger partial charge is 0.271 e. The molecule has 0 radical (unpaired) electrons. The Balaban J connectivity index is 2.93. The van der Waals surface area contributed by atoms with Crippen molar-refractivity contribution in [3.05, 3.63) is 34.7 Å². The molecule has 0 spiro atoms. The molecule has 2 rings (SSSR count). The Kier molecular flexibility index (Phi) is 1.33. The number of pyridine rings is 2. The van der Waals surface area contributed by atoms with Gasteiger partial charge in [0.2, 0.25) is 0 Å². The summed E-state index contributed by atoms with van der Waals surface area (Å²) in [6.07, 6.45) is 1.65. The van der Waals surface area contributed by atoms with Gasteiger partial charge in [-0.15, -0.1) is 0 Å². The van der Waals surface area contributed by atoms with Crippen LogP contribution < -0.4 is 11.3 Å². The van der Waals surface area contributed by atoms with Crippen LogP contribution >= 0.6 is 0 Å². The van der Waals surface area contributed by atoms with Crippen LogP contribution in [0.3, 0.4) is 0 Å². The van der Waals surface area contributed by atoms with Gasteiger partial charge in [-0.3, -0.25) is 9.78 Å². The van der Waals surface area contributed by atoms with Gasteiger partial charge in [0.15, 0.2) is 0 Å². The molecular weight excluding hydrogens is 154 g/mol. The average molecular weight is 161 g/mol. The number of nitrogens with zero attached hydrogens (tertiary/aromatic N) is 1. The second kappa shape index (κ2) is 2.34. The van der Waals surface area contributed by atoms with Gasteiger partial charge in [-0.05, 0) is 18.2 Å². The molecule has 0 aliphatic rings. The molecule has 0 aromatic carbocycles. The fourth-order valence-electron chi connectivity index (χ4n) is 1.05. The molecule has 12 heavy (non-hydrogen) atoms.